The molecule has 130 valence electrons. The first kappa shape index (κ1) is 16.6. The molecule has 0 saturated heterocycles. The van der Waals surface area contributed by atoms with Crippen molar-refractivity contribution in [2.75, 3.05) is 19.1 Å². The van der Waals surface area contributed by atoms with E-state index in [-0.39, 0.29) is 19.4 Å². The van der Waals surface area contributed by atoms with Crippen molar-refractivity contribution in [2.45, 2.75) is 13.0 Å². The molecule has 2 aromatic rings. The number of hydrogen-bond acceptors (Lipinski definition) is 6. The molecule has 7 heteroatoms. The fraction of sp³-hybridized carbons (Fsp3) is 0.222. The summed E-state index contributed by atoms with van der Waals surface area (Å²) in [5.74, 6) is 0.355. The fourth-order valence-corrected chi connectivity index (χ4v) is 2.38. The molecular formula is C18H18N2O5. The van der Waals surface area contributed by atoms with E-state index in [1.54, 1.807) is 30.3 Å². The van der Waals surface area contributed by atoms with Crippen LogP contribution in [0.15, 0.2) is 42.5 Å². The number of anilines is 1. The van der Waals surface area contributed by atoms with Crippen molar-refractivity contribution in [1.29, 1.82) is 0 Å². The molecular weight excluding hydrogens is 324 g/mol. The van der Waals surface area contributed by atoms with Crippen LogP contribution in [0.2, 0.25) is 0 Å². The van der Waals surface area contributed by atoms with Crippen molar-refractivity contribution in [1.82, 2.24) is 5.32 Å². The molecule has 2 aromatic carbocycles. The molecule has 0 radical (unpaired) electrons. The normalized spacial score (nSPS) is 13.2. The third kappa shape index (κ3) is 4.00. The standard InChI is InChI=1S/C18H18N2O5/c1-11(13-4-7-15-16(8-13)25-10-24-15)20-17(21)9-23-18(22)12-2-5-14(19)6-3-12/h2-8,11H,9-10,19H2,1H3,(H,20,21)/t11-/m0/s1. The number of carbonyl (C=O) groups is 2. The summed E-state index contributed by atoms with van der Waals surface area (Å²) in [5, 5.41) is 2.77. The number of hydrogen-bond donors (Lipinski definition) is 2. The van der Waals surface area contributed by atoms with Crippen LogP contribution in [0, 0.1) is 0 Å². The van der Waals surface area contributed by atoms with Crippen LogP contribution in [0.25, 0.3) is 0 Å². The minimum atomic E-state index is -0.578. The zero-order valence-corrected chi connectivity index (χ0v) is 13.7. The van der Waals surface area contributed by atoms with Gasteiger partial charge < -0.3 is 25.3 Å². The highest BCUT2D eigenvalue weighted by molar-refractivity contribution is 5.91. The highest BCUT2D eigenvalue weighted by Gasteiger charge is 2.17. The molecule has 1 heterocycles. The Morgan fingerprint density at radius 1 is 1.16 bits per heavy atom. The number of ether oxygens (including phenoxy) is 3. The van der Waals surface area contributed by atoms with Crippen LogP contribution in [0.3, 0.4) is 0 Å². The minimum absolute atomic E-state index is 0.195. The summed E-state index contributed by atoms with van der Waals surface area (Å²) in [6.45, 7) is 1.66. The SMILES string of the molecule is C[C@H](NC(=O)COC(=O)c1ccc(N)cc1)c1ccc2c(c1)OCO2. The third-order valence-electron chi connectivity index (χ3n) is 3.75. The van der Waals surface area contributed by atoms with Gasteiger partial charge in [0, 0.05) is 5.69 Å². The summed E-state index contributed by atoms with van der Waals surface area (Å²) < 4.78 is 15.6. The lowest BCUT2D eigenvalue weighted by Crippen LogP contribution is -2.31. The van der Waals surface area contributed by atoms with Crippen LogP contribution in [0.4, 0.5) is 5.69 Å². The molecule has 0 saturated carbocycles. The molecule has 3 rings (SSSR count). The van der Waals surface area contributed by atoms with Crippen molar-refractivity contribution in [3.63, 3.8) is 0 Å². The number of carbonyl (C=O) groups excluding carboxylic acids is 2. The molecule has 0 bridgehead atoms. The van der Waals surface area contributed by atoms with Crippen molar-refractivity contribution >= 4 is 17.6 Å². The van der Waals surface area contributed by atoms with E-state index >= 15 is 0 Å². The van der Waals surface area contributed by atoms with E-state index in [0.29, 0.717) is 22.7 Å². The molecule has 0 unspecified atom stereocenters. The first-order valence-electron chi connectivity index (χ1n) is 7.74. The molecule has 1 atom stereocenters. The average molecular weight is 342 g/mol. The van der Waals surface area contributed by atoms with Gasteiger partial charge >= 0.3 is 5.97 Å². The largest absolute Gasteiger partial charge is 0.454 e. The van der Waals surface area contributed by atoms with Crippen molar-refractivity contribution in [3.05, 3.63) is 53.6 Å². The van der Waals surface area contributed by atoms with Gasteiger partial charge in [0.05, 0.1) is 11.6 Å². The summed E-state index contributed by atoms with van der Waals surface area (Å²) >= 11 is 0. The van der Waals surface area contributed by atoms with Gasteiger partial charge in [-0.15, -0.1) is 0 Å². The molecule has 25 heavy (non-hydrogen) atoms. The second kappa shape index (κ2) is 7.12. The van der Waals surface area contributed by atoms with Gasteiger partial charge in [-0.1, -0.05) is 6.07 Å². The maximum absolute atomic E-state index is 12.0. The number of esters is 1. The molecule has 1 amide bonds. The van der Waals surface area contributed by atoms with E-state index in [9.17, 15) is 9.59 Å². The first-order chi connectivity index (χ1) is 12.0. The van der Waals surface area contributed by atoms with Crippen LogP contribution in [0.1, 0.15) is 28.9 Å². The highest BCUT2D eigenvalue weighted by atomic mass is 16.7. The lowest BCUT2D eigenvalue weighted by molar-refractivity contribution is -0.124. The summed E-state index contributed by atoms with van der Waals surface area (Å²) in [6.07, 6.45) is 0. The fourth-order valence-electron chi connectivity index (χ4n) is 2.38. The van der Waals surface area contributed by atoms with E-state index in [1.807, 2.05) is 19.1 Å². The van der Waals surface area contributed by atoms with Crippen LogP contribution in [-0.4, -0.2) is 25.3 Å². The lowest BCUT2D eigenvalue weighted by Gasteiger charge is -2.15. The van der Waals surface area contributed by atoms with E-state index in [0.717, 1.165) is 5.56 Å². The second-order valence-electron chi connectivity index (χ2n) is 5.60. The number of rotatable bonds is 5. The van der Waals surface area contributed by atoms with Crippen molar-refractivity contribution in [2.24, 2.45) is 0 Å². The molecule has 7 nitrogen and oxygen atoms in total. The van der Waals surface area contributed by atoms with Gasteiger partial charge in [0.2, 0.25) is 6.79 Å². The maximum Gasteiger partial charge on any atom is 0.338 e. The summed E-state index contributed by atoms with van der Waals surface area (Å²) in [7, 11) is 0. The molecule has 1 aliphatic rings. The number of benzene rings is 2. The van der Waals surface area contributed by atoms with E-state index in [4.69, 9.17) is 19.9 Å². The summed E-state index contributed by atoms with van der Waals surface area (Å²) in [5.41, 5.74) is 7.31. The van der Waals surface area contributed by atoms with E-state index < -0.39 is 11.9 Å². The monoisotopic (exact) mass is 342 g/mol. The topological polar surface area (TPSA) is 99.9 Å². The van der Waals surface area contributed by atoms with Crippen molar-refractivity contribution in [3.8, 4) is 11.5 Å². The maximum atomic E-state index is 12.0. The zero-order chi connectivity index (χ0) is 17.8. The van der Waals surface area contributed by atoms with Crippen LogP contribution < -0.4 is 20.5 Å². The first-order valence-corrected chi connectivity index (χ1v) is 7.74. The molecule has 1 aliphatic heterocycles. The van der Waals surface area contributed by atoms with Gasteiger partial charge in [-0.3, -0.25) is 4.79 Å². The van der Waals surface area contributed by atoms with Crippen LogP contribution >= 0.6 is 0 Å². The summed E-state index contributed by atoms with van der Waals surface area (Å²) in [4.78, 5) is 23.9. The Bertz CT molecular complexity index is 789. The van der Waals surface area contributed by atoms with Gasteiger partial charge in [-0.2, -0.15) is 0 Å². The Labute approximate surface area is 144 Å². The molecule has 0 fully saturated rings. The Morgan fingerprint density at radius 2 is 1.88 bits per heavy atom. The average Bonchev–Trinajstić information content (AvgIpc) is 3.08. The minimum Gasteiger partial charge on any atom is -0.454 e. The van der Waals surface area contributed by atoms with Gasteiger partial charge in [0.25, 0.3) is 5.91 Å². The number of nitrogens with one attached hydrogen (secondary N) is 1. The van der Waals surface area contributed by atoms with Gasteiger partial charge in [0.1, 0.15) is 0 Å². The molecule has 3 N–H and O–H groups in total. The number of nitrogens with two attached hydrogens (primary N) is 1. The van der Waals surface area contributed by atoms with E-state index in [2.05, 4.69) is 5.32 Å². The second-order valence-corrected chi connectivity index (χ2v) is 5.60. The number of fused-ring (bicyclic) bond motifs is 1. The number of amides is 1. The van der Waals surface area contributed by atoms with Gasteiger partial charge in [0.15, 0.2) is 18.1 Å². The lowest BCUT2D eigenvalue weighted by atomic mass is 10.1. The smallest absolute Gasteiger partial charge is 0.338 e. The predicted octanol–water partition coefficient (Wildman–Crippen LogP) is 2.03. The third-order valence-corrected chi connectivity index (χ3v) is 3.75. The van der Waals surface area contributed by atoms with Gasteiger partial charge in [-0.25, -0.2) is 4.79 Å². The molecule has 0 aromatic heterocycles. The predicted molar refractivity (Wildman–Crippen MR) is 90.3 cm³/mol. The van der Waals surface area contributed by atoms with Gasteiger partial charge in [-0.05, 0) is 48.9 Å². The van der Waals surface area contributed by atoms with Crippen LogP contribution in [0.5, 0.6) is 11.5 Å². The van der Waals surface area contributed by atoms with E-state index in [1.165, 1.54) is 0 Å². The Hall–Kier alpha value is -3.22. The molecule has 0 spiro atoms. The Morgan fingerprint density at radius 3 is 2.64 bits per heavy atom. The van der Waals surface area contributed by atoms with Crippen LogP contribution in [-0.2, 0) is 9.53 Å². The molecule has 0 aliphatic carbocycles. The Kier molecular flexibility index (Phi) is 4.74. The Balaban J connectivity index is 1.52. The number of nitrogen functional groups attached to an aromatic ring is 1. The zero-order valence-electron chi connectivity index (χ0n) is 13.7. The highest BCUT2D eigenvalue weighted by Crippen LogP contribution is 2.34. The van der Waals surface area contributed by atoms with Crippen molar-refractivity contribution < 1.29 is 23.8 Å². The quantitative estimate of drug-likeness (QED) is 0.637. The summed E-state index contributed by atoms with van der Waals surface area (Å²) in [6, 6.07) is 11.5.